The Balaban J connectivity index is 1.51. The summed E-state index contributed by atoms with van der Waals surface area (Å²) in [5.41, 5.74) is 2.35. The molecular weight excluding hydrogens is 268 g/mol. The number of nitrogens with one attached hydrogen (secondary N) is 2. The van der Waals surface area contributed by atoms with E-state index in [0.29, 0.717) is 18.7 Å². The number of piperidine rings is 1. The lowest BCUT2D eigenvalue weighted by Crippen LogP contribution is -2.42. The molecule has 3 rings (SSSR count). The number of hydrogen-bond acceptors (Lipinski definition) is 4. The van der Waals surface area contributed by atoms with Crippen molar-refractivity contribution in [2.75, 3.05) is 26.2 Å². The van der Waals surface area contributed by atoms with Crippen LogP contribution in [0.2, 0.25) is 0 Å². The molecular formula is C15H20N4O2. The Kier molecular flexibility index (Phi) is 4.17. The van der Waals surface area contributed by atoms with Crippen LogP contribution in [0.3, 0.4) is 0 Å². The number of aromatic nitrogens is 2. The van der Waals surface area contributed by atoms with E-state index in [2.05, 4.69) is 20.2 Å². The highest BCUT2D eigenvalue weighted by atomic mass is 16.3. The topological polar surface area (TPSA) is 81.2 Å². The third-order valence-electron chi connectivity index (χ3n) is 3.88. The largest absolute Gasteiger partial charge is 0.392 e. The van der Waals surface area contributed by atoms with Gasteiger partial charge in [0.25, 0.3) is 5.91 Å². The Labute approximate surface area is 123 Å². The summed E-state index contributed by atoms with van der Waals surface area (Å²) in [7, 11) is 0. The van der Waals surface area contributed by atoms with Crippen LogP contribution in [-0.4, -0.2) is 58.2 Å². The lowest BCUT2D eigenvalue weighted by atomic mass is 10.1. The maximum absolute atomic E-state index is 12.1. The van der Waals surface area contributed by atoms with Gasteiger partial charge < -0.3 is 15.4 Å². The normalized spacial score (nSPS) is 19.8. The zero-order valence-corrected chi connectivity index (χ0v) is 11.9. The van der Waals surface area contributed by atoms with Gasteiger partial charge in [0.1, 0.15) is 0 Å². The van der Waals surface area contributed by atoms with Crippen LogP contribution in [0.1, 0.15) is 23.2 Å². The van der Waals surface area contributed by atoms with E-state index in [1.54, 1.807) is 12.4 Å². The lowest BCUT2D eigenvalue weighted by Gasteiger charge is -2.29. The van der Waals surface area contributed by atoms with E-state index in [9.17, 15) is 9.90 Å². The SMILES string of the molecule is O=C(NCCN1CCCC(O)C1)c1ccc2nc[nH]c2c1. The average Bonchev–Trinajstić information content (AvgIpc) is 2.94. The monoisotopic (exact) mass is 288 g/mol. The van der Waals surface area contributed by atoms with Crippen LogP contribution < -0.4 is 5.32 Å². The highest BCUT2D eigenvalue weighted by Gasteiger charge is 2.17. The molecule has 1 amide bonds. The van der Waals surface area contributed by atoms with Gasteiger partial charge in [0, 0.05) is 25.2 Å². The second kappa shape index (κ2) is 6.24. The smallest absolute Gasteiger partial charge is 0.251 e. The predicted octanol–water partition coefficient (Wildman–Crippen LogP) is 0.749. The molecule has 0 aliphatic carbocycles. The van der Waals surface area contributed by atoms with Gasteiger partial charge in [-0.3, -0.25) is 9.69 Å². The van der Waals surface area contributed by atoms with Gasteiger partial charge in [0.05, 0.1) is 23.5 Å². The third kappa shape index (κ3) is 3.40. The van der Waals surface area contributed by atoms with E-state index < -0.39 is 0 Å². The van der Waals surface area contributed by atoms with E-state index in [4.69, 9.17) is 0 Å². The first kappa shape index (κ1) is 14.0. The van der Waals surface area contributed by atoms with E-state index in [0.717, 1.165) is 37.0 Å². The van der Waals surface area contributed by atoms with E-state index >= 15 is 0 Å². The van der Waals surface area contributed by atoms with Crippen molar-refractivity contribution in [3.05, 3.63) is 30.1 Å². The van der Waals surface area contributed by atoms with Crippen LogP contribution in [0.4, 0.5) is 0 Å². The number of β-amino-alcohol motifs (C(OH)–C–C–N with tert-alkyl or cyclic N) is 1. The summed E-state index contributed by atoms with van der Waals surface area (Å²) in [6, 6.07) is 5.42. The molecule has 0 radical (unpaired) electrons. The van der Waals surface area contributed by atoms with Gasteiger partial charge in [-0.15, -0.1) is 0 Å². The number of amides is 1. The number of carbonyl (C=O) groups excluding carboxylic acids is 1. The highest BCUT2D eigenvalue weighted by molar-refractivity contribution is 5.97. The number of rotatable bonds is 4. The first-order chi connectivity index (χ1) is 10.2. The number of fused-ring (bicyclic) bond motifs is 1. The molecule has 3 N–H and O–H groups in total. The second-order valence-electron chi connectivity index (χ2n) is 5.49. The number of nitrogens with zero attached hydrogens (tertiary/aromatic N) is 2. The summed E-state index contributed by atoms with van der Waals surface area (Å²) >= 11 is 0. The molecule has 0 spiro atoms. The van der Waals surface area contributed by atoms with Gasteiger partial charge >= 0.3 is 0 Å². The fraction of sp³-hybridized carbons (Fsp3) is 0.467. The van der Waals surface area contributed by atoms with Crippen LogP contribution in [0.25, 0.3) is 11.0 Å². The highest BCUT2D eigenvalue weighted by Crippen LogP contribution is 2.11. The minimum atomic E-state index is -0.225. The number of aromatic amines is 1. The number of hydrogen-bond donors (Lipinski definition) is 3. The van der Waals surface area contributed by atoms with Crippen LogP contribution in [0, 0.1) is 0 Å². The van der Waals surface area contributed by atoms with E-state index in [1.807, 2.05) is 12.1 Å². The standard InChI is InChI=1S/C15H20N4O2/c20-12-2-1-6-19(9-12)7-5-16-15(21)11-3-4-13-14(8-11)18-10-17-13/h3-4,8,10,12,20H,1-2,5-7,9H2,(H,16,21)(H,17,18). The molecule has 1 aromatic carbocycles. The van der Waals surface area contributed by atoms with Gasteiger partial charge in [-0.2, -0.15) is 0 Å². The van der Waals surface area contributed by atoms with E-state index in [1.165, 1.54) is 0 Å². The minimum absolute atomic E-state index is 0.0796. The summed E-state index contributed by atoms with van der Waals surface area (Å²) < 4.78 is 0. The van der Waals surface area contributed by atoms with Crippen LogP contribution in [0.15, 0.2) is 24.5 Å². The van der Waals surface area contributed by atoms with Gasteiger partial charge in [0.15, 0.2) is 0 Å². The van der Waals surface area contributed by atoms with Crippen molar-refractivity contribution in [2.45, 2.75) is 18.9 Å². The fourth-order valence-corrected chi connectivity index (χ4v) is 2.74. The minimum Gasteiger partial charge on any atom is -0.392 e. The average molecular weight is 288 g/mol. The third-order valence-corrected chi connectivity index (χ3v) is 3.88. The van der Waals surface area contributed by atoms with E-state index in [-0.39, 0.29) is 12.0 Å². The Bertz CT molecular complexity index is 625. The Morgan fingerprint density at radius 1 is 1.52 bits per heavy atom. The molecule has 1 fully saturated rings. The molecule has 21 heavy (non-hydrogen) atoms. The molecule has 1 unspecified atom stereocenters. The Morgan fingerprint density at radius 2 is 2.43 bits per heavy atom. The Morgan fingerprint density at radius 3 is 3.29 bits per heavy atom. The van der Waals surface area contributed by atoms with Gasteiger partial charge in [-0.05, 0) is 37.6 Å². The second-order valence-corrected chi connectivity index (χ2v) is 5.49. The number of likely N-dealkylation sites (tertiary alicyclic amines) is 1. The zero-order chi connectivity index (χ0) is 14.7. The van der Waals surface area contributed by atoms with Crippen molar-refractivity contribution in [3.8, 4) is 0 Å². The number of aliphatic hydroxyl groups is 1. The van der Waals surface area contributed by atoms with Crippen LogP contribution in [-0.2, 0) is 0 Å². The van der Waals surface area contributed by atoms with Crippen molar-refractivity contribution in [2.24, 2.45) is 0 Å². The van der Waals surface area contributed by atoms with Crippen molar-refractivity contribution < 1.29 is 9.90 Å². The molecule has 1 aliphatic rings. The fourth-order valence-electron chi connectivity index (χ4n) is 2.74. The number of benzene rings is 1. The lowest BCUT2D eigenvalue weighted by molar-refractivity contribution is 0.0703. The van der Waals surface area contributed by atoms with Gasteiger partial charge in [-0.25, -0.2) is 4.98 Å². The molecule has 1 saturated heterocycles. The molecule has 0 bridgehead atoms. The maximum atomic E-state index is 12.1. The summed E-state index contributed by atoms with van der Waals surface area (Å²) in [5, 5.41) is 12.5. The molecule has 112 valence electrons. The van der Waals surface area contributed by atoms with Crippen LogP contribution in [0.5, 0.6) is 0 Å². The summed E-state index contributed by atoms with van der Waals surface area (Å²) in [4.78, 5) is 21.4. The number of H-pyrrole nitrogens is 1. The molecule has 1 aliphatic heterocycles. The summed E-state index contributed by atoms with van der Waals surface area (Å²) in [6.07, 6.45) is 3.30. The molecule has 2 aromatic rings. The molecule has 6 nitrogen and oxygen atoms in total. The van der Waals surface area contributed by atoms with Gasteiger partial charge in [-0.1, -0.05) is 0 Å². The quantitative estimate of drug-likeness (QED) is 0.775. The maximum Gasteiger partial charge on any atom is 0.251 e. The summed E-state index contributed by atoms with van der Waals surface area (Å²) in [6.45, 7) is 3.06. The van der Waals surface area contributed by atoms with Crippen molar-refractivity contribution in [1.82, 2.24) is 20.2 Å². The van der Waals surface area contributed by atoms with Crippen molar-refractivity contribution in [1.29, 1.82) is 0 Å². The number of carbonyl (C=O) groups is 1. The van der Waals surface area contributed by atoms with Crippen molar-refractivity contribution in [3.63, 3.8) is 0 Å². The Hall–Kier alpha value is -1.92. The molecule has 1 atom stereocenters. The molecule has 0 saturated carbocycles. The van der Waals surface area contributed by atoms with Gasteiger partial charge in [0.2, 0.25) is 0 Å². The number of imidazole rings is 1. The number of aliphatic hydroxyl groups excluding tert-OH is 1. The van der Waals surface area contributed by atoms with Crippen LogP contribution >= 0.6 is 0 Å². The molecule has 6 heteroatoms. The molecule has 1 aromatic heterocycles. The zero-order valence-electron chi connectivity index (χ0n) is 11.9. The first-order valence-corrected chi connectivity index (χ1v) is 7.34. The first-order valence-electron chi connectivity index (χ1n) is 7.34. The molecule has 2 heterocycles. The predicted molar refractivity (Wildman–Crippen MR) is 80.1 cm³/mol. The van der Waals surface area contributed by atoms with Crippen molar-refractivity contribution >= 4 is 16.9 Å². The summed E-state index contributed by atoms with van der Waals surface area (Å²) in [5.74, 6) is -0.0796.